The highest BCUT2D eigenvalue weighted by Gasteiger charge is 2.13. The Morgan fingerprint density at radius 3 is 2.46 bits per heavy atom. The van der Waals surface area contributed by atoms with Crippen molar-refractivity contribution in [3.8, 4) is 0 Å². The molecule has 0 saturated carbocycles. The predicted molar refractivity (Wildman–Crippen MR) is 104 cm³/mol. The summed E-state index contributed by atoms with van der Waals surface area (Å²) >= 11 is 11.8. The molecule has 26 heavy (non-hydrogen) atoms. The maximum Gasteiger partial charge on any atom is 0.216 e. The molecule has 2 aromatic carbocycles. The minimum absolute atomic E-state index is 0.161. The number of hydrogen-bond donors (Lipinski definition) is 1. The summed E-state index contributed by atoms with van der Waals surface area (Å²) in [5, 5.41) is 4.92. The van der Waals surface area contributed by atoms with Crippen molar-refractivity contribution in [2.45, 2.75) is 18.8 Å². The third kappa shape index (κ3) is 5.08. The van der Waals surface area contributed by atoms with E-state index >= 15 is 0 Å². The molecule has 3 rings (SSSR count). The normalized spacial score (nSPS) is 11.6. The molecule has 0 atom stereocenters. The molecule has 0 aliphatic rings. The molecule has 0 saturated heterocycles. The lowest BCUT2D eigenvalue weighted by atomic mass is 10.1. The van der Waals surface area contributed by atoms with Crippen LogP contribution in [0, 0.1) is 0 Å². The van der Waals surface area contributed by atoms with E-state index in [4.69, 9.17) is 23.2 Å². The third-order valence-electron chi connectivity index (χ3n) is 3.83. The summed E-state index contributed by atoms with van der Waals surface area (Å²) in [6.07, 6.45) is 3.58. The van der Waals surface area contributed by atoms with E-state index in [2.05, 4.69) is 9.82 Å². The fourth-order valence-corrected chi connectivity index (χ4v) is 3.96. The summed E-state index contributed by atoms with van der Waals surface area (Å²) in [4.78, 5) is 0. The zero-order valence-electron chi connectivity index (χ0n) is 13.8. The number of hydrogen-bond acceptors (Lipinski definition) is 3. The fraction of sp³-hybridized carbons (Fsp3) is 0.167. The first kappa shape index (κ1) is 18.9. The van der Waals surface area contributed by atoms with Crippen LogP contribution in [-0.4, -0.2) is 18.2 Å². The van der Waals surface area contributed by atoms with Crippen molar-refractivity contribution < 1.29 is 8.42 Å². The van der Waals surface area contributed by atoms with Crippen LogP contribution in [0.3, 0.4) is 0 Å². The first-order chi connectivity index (χ1) is 12.4. The van der Waals surface area contributed by atoms with Crippen molar-refractivity contribution in [2.75, 3.05) is 0 Å². The van der Waals surface area contributed by atoms with E-state index < -0.39 is 10.0 Å². The van der Waals surface area contributed by atoms with Gasteiger partial charge in [0.15, 0.2) is 0 Å². The van der Waals surface area contributed by atoms with Gasteiger partial charge < -0.3 is 0 Å². The van der Waals surface area contributed by atoms with Gasteiger partial charge in [-0.15, -0.1) is 0 Å². The van der Waals surface area contributed by atoms with Crippen molar-refractivity contribution in [2.24, 2.45) is 0 Å². The van der Waals surface area contributed by atoms with Gasteiger partial charge >= 0.3 is 0 Å². The summed E-state index contributed by atoms with van der Waals surface area (Å²) in [5.74, 6) is -0.161. The van der Waals surface area contributed by atoms with Crippen LogP contribution < -0.4 is 4.72 Å². The SMILES string of the molecule is O=S(=O)(Cc1ccc(Cl)c(Cl)c1)NCc1ccccc1Cn1cccn1. The number of nitrogens with zero attached hydrogens (tertiary/aromatic N) is 2. The third-order valence-corrected chi connectivity index (χ3v) is 5.87. The molecule has 0 unspecified atom stereocenters. The van der Waals surface area contributed by atoms with Gasteiger partial charge in [-0.2, -0.15) is 5.10 Å². The zero-order chi connectivity index (χ0) is 18.6. The van der Waals surface area contributed by atoms with Gasteiger partial charge in [-0.25, -0.2) is 13.1 Å². The van der Waals surface area contributed by atoms with Gasteiger partial charge in [0, 0.05) is 18.9 Å². The summed E-state index contributed by atoms with van der Waals surface area (Å²) in [6, 6.07) is 14.3. The molecule has 0 aliphatic carbocycles. The van der Waals surface area contributed by atoms with Crippen molar-refractivity contribution in [3.05, 3.63) is 87.7 Å². The Morgan fingerprint density at radius 1 is 1.00 bits per heavy atom. The van der Waals surface area contributed by atoms with Crippen molar-refractivity contribution >= 4 is 33.2 Å². The Kier molecular flexibility index (Phi) is 5.98. The van der Waals surface area contributed by atoms with Crippen molar-refractivity contribution in [3.63, 3.8) is 0 Å². The smallest absolute Gasteiger partial charge is 0.216 e. The Labute approximate surface area is 162 Å². The summed E-state index contributed by atoms with van der Waals surface area (Å²) < 4.78 is 29.2. The van der Waals surface area contributed by atoms with E-state index in [1.54, 1.807) is 29.1 Å². The van der Waals surface area contributed by atoms with Gasteiger partial charge in [0.1, 0.15) is 0 Å². The van der Waals surface area contributed by atoms with E-state index in [1.165, 1.54) is 0 Å². The van der Waals surface area contributed by atoms with Gasteiger partial charge in [-0.3, -0.25) is 4.68 Å². The fourth-order valence-electron chi connectivity index (χ4n) is 2.54. The van der Waals surface area contributed by atoms with Crippen LogP contribution in [0.1, 0.15) is 16.7 Å². The Balaban J connectivity index is 1.68. The van der Waals surface area contributed by atoms with Crippen LogP contribution >= 0.6 is 23.2 Å². The second-order valence-electron chi connectivity index (χ2n) is 5.80. The number of nitrogens with one attached hydrogen (secondary N) is 1. The van der Waals surface area contributed by atoms with Gasteiger partial charge in [-0.1, -0.05) is 53.5 Å². The average molecular weight is 410 g/mol. The zero-order valence-corrected chi connectivity index (χ0v) is 16.1. The van der Waals surface area contributed by atoms with Gasteiger partial charge in [0.2, 0.25) is 10.0 Å². The monoisotopic (exact) mass is 409 g/mol. The van der Waals surface area contributed by atoms with Gasteiger partial charge in [-0.05, 0) is 34.9 Å². The molecule has 0 spiro atoms. The second-order valence-corrected chi connectivity index (χ2v) is 8.42. The Bertz CT molecular complexity index is 989. The molecule has 5 nitrogen and oxygen atoms in total. The molecule has 1 heterocycles. The number of sulfonamides is 1. The predicted octanol–water partition coefficient (Wildman–Crippen LogP) is 3.86. The van der Waals surface area contributed by atoms with Crippen LogP contribution in [0.4, 0.5) is 0 Å². The Hall–Kier alpha value is -1.86. The highest BCUT2D eigenvalue weighted by Crippen LogP contribution is 2.23. The summed E-state index contributed by atoms with van der Waals surface area (Å²) in [6.45, 7) is 0.790. The summed E-state index contributed by atoms with van der Waals surface area (Å²) in [7, 11) is -3.52. The van der Waals surface area contributed by atoms with Crippen molar-refractivity contribution in [1.29, 1.82) is 0 Å². The van der Waals surface area contributed by atoms with Crippen LogP contribution in [0.25, 0.3) is 0 Å². The highest BCUT2D eigenvalue weighted by atomic mass is 35.5. The van der Waals surface area contributed by atoms with Crippen LogP contribution in [0.5, 0.6) is 0 Å². The second kappa shape index (κ2) is 8.22. The summed E-state index contributed by atoms with van der Waals surface area (Å²) in [5.41, 5.74) is 2.49. The number of benzene rings is 2. The maximum atomic E-state index is 12.4. The van der Waals surface area contributed by atoms with Gasteiger partial charge in [0.05, 0.1) is 22.3 Å². The first-order valence-corrected chi connectivity index (χ1v) is 10.3. The minimum atomic E-state index is -3.52. The van der Waals surface area contributed by atoms with E-state index in [1.807, 2.05) is 36.5 Å². The van der Waals surface area contributed by atoms with E-state index in [0.717, 1.165) is 11.1 Å². The molecular formula is C18H17Cl2N3O2S. The van der Waals surface area contributed by atoms with E-state index in [-0.39, 0.29) is 12.3 Å². The molecule has 0 amide bonds. The van der Waals surface area contributed by atoms with Gasteiger partial charge in [0.25, 0.3) is 0 Å². The molecule has 3 aromatic rings. The highest BCUT2D eigenvalue weighted by molar-refractivity contribution is 7.88. The lowest BCUT2D eigenvalue weighted by molar-refractivity contribution is 0.579. The van der Waals surface area contributed by atoms with Crippen molar-refractivity contribution in [1.82, 2.24) is 14.5 Å². The quantitative estimate of drug-likeness (QED) is 0.644. The molecule has 136 valence electrons. The lowest BCUT2D eigenvalue weighted by Gasteiger charge is -2.12. The van der Waals surface area contributed by atoms with Crippen LogP contribution in [0.2, 0.25) is 10.0 Å². The van der Waals surface area contributed by atoms with E-state index in [9.17, 15) is 8.42 Å². The maximum absolute atomic E-state index is 12.4. The average Bonchev–Trinajstić information content (AvgIpc) is 3.10. The number of halogens is 2. The standard InChI is InChI=1S/C18H17Cl2N3O2S/c19-17-7-6-14(10-18(17)20)13-26(24,25)22-11-15-4-1-2-5-16(15)12-23-9-3-8-21-23/h1-10,22H,11-13H2. The molecule has 8 heteroatoms. The first-order valence-electron chi connectivity index (χ1n) is 7.88. The number of rotatable bonds is 7. The molecule has 1 N–H and O–H groups in total. The molecule has 0 aliphatic heterocycles. The largest absolute Gasteiger partial charge is 0.268 e. The molecule has 0 bridgehead atoms. The molecule has 1 aromatic heterocycles. The molecule has 0 radical (unpaired) electrons. The molecular weight excluding hydrogens is 393 g/mol. The topological polar surface area (TPSA) is 64.0 Å². The van der Waals surface area contributed by atoms with E-state index in [0.29, 0.717) is 22.2 Å². The number of aromatic nitrogens is 2. The van der Waals surface area contributed by atoms with Crippen LogP contribution in [-0.2, 0) is 28.9 Å². The minimum Gasteiger partial charge on any atom is -0.268 e. The molecule has 0 fully saturated rings. The van der Waals surface area contributed by atoms with Crippen LogP contribution in [0.15, 0.2) is 60.9 Å². The Morgan fingerprint density at radius 2 is 1.77 bits per heavy atom. The lowest BCUT2D eigenvalue weighted by Crippen LogP contribution is -2.25.